The second-order valence-electron chi connectivity index (χ2n) is 5.56. The molecule has 21 heavy (non-hydrogen) atoms. The number of benzene rings is 2. The van der Waals surface area contributed by atoms with Crippen molar-refractivity contribution < 1.29 is 5.11 Å². The number of aliphatic hydroxyl groups is 1. The zero-order chi connectivity index (χ0) is 15.2. The van der Waals surface area contributed by atoms with Crippen molar-refractivity contribution in [3.05, 3.63) is 69.7 Å². The van der Waals surface area contributed by atoms with Gasteiger partial charge >= 0.3 is 0 Å². The lowest BCUT2D eigenvalue weighted by Crippen LogP contribution is -2.21. The summed E-state index contributed by atoms with van der Waals surface area (Å²) in [4.78, 5) is 0. The molecule has 2 N–H and O–H groups in total. The summed E-state index contributed by atoms with van der Waals surface area (Å²) < 4.78 is 1.09. The highest BCUT2D eigenvalue weighted by Crippen LogP contribution is 2.19. The van der Waals surface area contributed by atoms with E-state index in [9.17, 15) is 5.11 Å². The molecule has 0 aliphatic carbocycles. The van der Waals surface area contributed by atoms with Crippen LogP contribution >= 0.6 is 15.9 Å². The monoisotopic (exact) mass is 347 g/mol. The highest BCUT2D eigenvalue weighted by molar-refractivity contribution is 9.10. The van der Waals surface area contributed by atoms with Crippen LogP contribution in [0.5, 0.6) is 0 Å². The molecule has 0 saturated heterocycles. The minimum absolute atomic E-state index is 0.478. The molecule has 2 aromatic carbocycles. The molecule has 112 valence electrons. The Morgan fingerprint density at radius 1 is 1.00 bits per heavy atom. The highest BCUT2D eigenvalue weighted by Gasteiger charge is 2.08. The summed E-state index contributed by atoms with van der Waals surface area (Å²) in [7, 11) is 0. The molecule has 2 nitrogen and oxygen atoms in total. The van der Waals surface area contributed by atoms with E-state index in [1.165, 1.54) is 11.1 Å². The van der Waals surface area contributed by atoms with Gasteiger partial charge in [0.15, 0.2) is 0 Å². The van der Waals surface area contributed by atoms with Gasteiger partial charge in [0.05, 0.1) is 6.10 Å². The molecule has 0 spiro atoms. The number of aliphatic hydroxyl groups excluding tert-OH is 1. The molecule has 1 unspecified atom stereocenters. The van der Waals surface area contributed by atoms with E-state index in [0.29, 0.717) is 12.5 Å². The number of halogens is 1. The summed E-state index contributed by atoms with van der Waals surface area (Å²) >= 11 is 3.53. The first-order chi connectivity index (χ1) is 10.1. The van der Waals surface area contributed by atoms with Gasteiger partial charge in [0.25, 0.3) is 0 Å². The molecule has 2 rings (SSSR count). The topological polar surface area (TPSA) is 32.3 Å². The Kier molecular flexibility index (Phi) is 5.97. The van der Waals surface area contributed by atoms with E-state index in [1.807, 2.05) is 30.3 Å². The van der Waals surface area contributed by atoms with Gasteiger partial charge in [-0.15, -0.1) is 0 Å². The van der Waals surface area contributed by atoms with E-state index in [4.69, 9.17) is 0 Å². The van der Waals surface area contributed by atoms with Gasteiger partial charge in [-0.3, -0.25) is 0 Å². The van der Waals surface area contributed by atoms with Crippen molar-refractivity contribution in [2.75, 3.05) is 6.54 Å². The van der Waals surface area contributed by atoms with Crippen LogP contribution in [0, 0.1) is 0 Å². The first kappa shape index (κ1) is 16.2. The molecule has 0 radical (unpaired) electrons. The minimum Gasteiger partial charge on any atom is -0.387 e. The van der Waals surface area contributed by atoms with E-state index in [-0.39, 0.29) is 0 Å². The standard InChI is InChI=1S/C18H22BrNO/c1-13(2)14-7-9-15(10-8-14)18(21)12-20-11-16-5-3-4-6-17(16)19/h3-10,13,18,20-21H,11-12H2,1-2H3. The van der Waals surface area contributed by atoms with E-state index in [2.05, 4.69) is 53.3 Å². The SMILES string of the molecule is CC(C)c1ccc(C(O)CNCc2ccccc2Br)cc1. The fraction of sp³-hybridized carbons (Fsp3) is 0.333. The quantitative estimate of drug-likeness (QED) is 0.811. The van der Waals surface area contributed by atoms with Gasteiger partial charge in [-0.05, 0) is 28.7 Å². The molecule has 3 heteroatoms. The van der Waals surface area contributed by atoms with Crippen LogP contribution in [0.15, 0.2) is 53.0 Å². The Bertz CT molecular complexity index is 566. The maximum Gasteiger partial charge on any atom is 0.0914 e. The molecule has 0 heterocycles. The maximum atomic E-state index is 10.2. The number of nitrogens with one attached hydrogen (secondary N) is 1. The number of hydrogen-bond acceptors (Lipinski definition) is 2. The average molecular weight is 348 g/mol. The molecular weight excluding hydrogens is 326 g/mol. The summed E-state index contributed by atoms with van der Waals surface area (Å²) in [5, 5.41) is 13.5. The molecule has 0 bridgehead atoms. The smallest absolute Gasteiger partial charge is 0.0914 e. The predicted molar refractivity (Wildman–Crippen MR) is 91.3 cm³/mol. The fourth-order valence-corrected chi connectivity index (χ4v) is 2.63. The van der Waals surface area contributed by atoms with Crippen LogP contribution in [0.4, 0.5) is 0 Å². The van der Waals surface area contributed by atoms with Crippen LogP contribution in [0.1, 0.15) is 42.6 Å². The minimum atomic E-state index is -0.478. The number of hydrogen-bond donors (Lipinski definition) is 2. The molecule has 0 fully saturated rings. The zero-order valence-electron chi connectivity index (χ0n) is 12.5. The molecular formula is C18H22BrNO. The van der Waals surface area contributed by atoms with Crippen LogP contribution in [0.3, 0.4) is 0 Å². The summed E-state index contributed by atoms with van der Waals surface area (Å²) in [6.45, 7) is 5.63. The maximum absolute atomic E-state index is 10.2. The van der Waals surface area contributed by atoms with Gasteiger partial charge in [0.1, 0.15) is 0 Å². The summed E-state index contributed by atoms with van der Waals surface area (Å²) in [5.41, 5.74) is 3.45. The van der Waals surface area contributed by atoms with Gasteiger partial charge in [-0.1, -0.05) is 72.2 Å². The molecule has 0 amide bonds. The van der Waals surface area contributed by atoms with E-state index >= 15 is 0 Å². The van der Waals surface area contributed by atoms with Crippen LogP contribution in [-0.4, -0.2) is 11.7 Å². The first-order valence-corrected chi connectivity index (χ1v) is 8.09. The second-order valence-corrected chi connectivity index (χ2v) is 6.41. The molecule has 0 aliphatic rings. The Morgan fingerprint density at radius 2 is 1.62 bits per heavy atom. The molecule has 0 saturated carbocycles. The molecule has 0 aliphatic heterocycles. The van der Waals surface area contributed by atoms with Crippen LogP contribution in [0.2, 0.25) is 0 Å². The lowest BCUT2D eigenvalue weighted by Gasteiger charge is -2.14. The van der Waals surface area contributed by atoms with Crippen LogP contribution in [0.25, 0.3) is 0 Å². The van der Waals surface area contributed by atoms with Crippen molar-refractivity contribution in [2.45, 2.75) is 32.4 Å². The van der Waals surface area contributed by atoms with E-state index in [1.54, 1.807) is 0 Å². The average Bonchev–Trinajstić information content (AvgIpc) is 2.49. The van der Waals surface area contributed by atoms with Crippen molar-refractivity contribution in [1.82, 2.24) is 5.32 Å². The zero-order valence-corrected chi connectivity index (χ0v) is 14.1. The van der Waals surface area contributed by atoms with Gasteiger partial charge in [-0.2, -0.15) is 0 Å². The third kappa shape index (κ3) is 4.67. The normalized spacial score (nSPS) is 12.6. The van der Waals surface area contributed by atoms with E-state index < -0.39 is 6.10 Å². The third-order valence-corrected chi connectivity index (χ3v) is 4.37. The Hall–Kier alpha value is -1.16. The fourth-order valence-electron chi connectivity index (χ4n) is 2.21. The predicted octanol–water partition coefficient (Wildman–Crippen LogP) is 4.40. The molecule has 1 atom stereocenters. The first-order valence-electron chi connectivity index (χ1n) is 7.30. The van der Waals surface area contributed by atoms with Crippen molar-refractivity contribution in [3.8, 4) is 0 Å². The van der Waals surface area contributed by atoms with Crippen molar-refractivity contribution in [3.63, 3.8) is 0 Å². The second kappa shape index (κ2) is 7.74. The lowest BCUT2D eigenvalue weighted by molar-refractivity contribution is 0.174. The third-order valence-electron chi connectivity index (χ3n) is 3.60. The largest absolute Gasteiger partial charge is 0.387 e. The molecule has 0 aromatic heterocycles. The summed E-state index contributed by atoms with van der Waals surface area (Å²) in [6.07, 6.45) is -0.478. The van der Waals surface area contributed by atoms with Crippen molar-refractivity contribution >= 4 is 15.9 Å². The number of rotatable bonds is 6. The van der Waals surface area contributed by atoms with Crippen molar-refractivity contribution in [1.29, 1.82) is 0 Å². The van der Waals surface area contributed by atoms with Crippen molar-refractivity contribution in [2.24, 2.45) is 0 Å². The summed E-state index contributed by atoms with van der Waals surface area (Å²) in [6, 6.07) is 16.3. The van der Waals surface area contributed by atoms with Crippen LogP contribution in [-0.2, 0) is 6.54 Å². The van der Waals surface area contributed by atoms with Gasteiger partial charge in [0.2, 0.25) is 0 Å². The Labute approximate surface area is 135 Å². The highest BCUT2D eigenvalue weighted by atomic mass is 79.9. The lowest BCUT2D eigenvalue weighted by atomic mass is 10.00. The summed E-state index contributed by atoms with van der Waals surface area (Å²) in [5.74, 6) is 0.518. The van der Waals surface area contributed by atoms with Crippen LogP contribution < -0.4 is 5.32 Å². The molecule has 2 aromatic rings. The van der Waals surface area contributed by atoms with E-state index in [0.717, 1.165) is 16.6 Å². The van der Waals surface area contributed by atoms with Gasteiger partial charge in [0, 0.05) is 17.6 Å². The van der Waals surface area contributed by atoms with Gasteiger partial charge < -0.3 is 10.4 Å². The Morgan fingerprint density at radius 3 is 2.24 bits per heavy atom. The Balaban J connectivity index is 1.87. The van der Waals surface area contributed by atoms with Gasteiger partial charge in [-0.25, -0.2) is 0 Å².